The quantitative estimate of drug-likeness (QED) is 0.692. The van der Waals surface area contributed by atoms with Gasteiger partial charge in [0.25, 0.3) is 5.91 Å². The van der Waals surface area contributed by atoms with Crippen molar-refractivity contribution in [1.29, 1.82) is 0 Å². The maximum Gasteiger partial charge on any atom is 0.266 e. The van der Waals surface area contributed by atoms with Crippen LogP contribution in [-0.2, 0) is 0 Å². The van der Waals surface area contributed by atoms with Crippen molar-refractivity contribution in [2.24, 2.45) is 0 Å². The predicted molar refractivity (Wildman–Crippen MR) is 105 cm³/mol. The highest BCUT2D eigenvalue weighted by Gasteiger charge is 2.23. The zero-order chi connectivity index (χ0) is 17.6. The minimum absolute atomic E-state index is 0.0683. The van der Waals surface area contributed by atoms with E-state index in [0.717, 1.165) is 47.1 Å². The smallest absolute Gasteiger partial charge is 0.266 e. The molecule has 25 heavy (non-hydrogen) atoms. The molecule has 0 atom stereocenters. The molecule has 4 nitrogen and oxygen atoms in total. The molecule has 1 aromatic carbocycles. The van der Waals surface area contributed by atoms with Gasteiger partial charge in [0, 0.05) is 23.9 Å². The molecule has 1 fully saturated rings. The van der Waals surface area contributed by atoms with Crippen LogP contribution in [0.5, 0.6) is 0 Å². The largest absolute Gasteiger partial charge is 0.397 e. The first-order valence-electron chi connectivity index (χ1n) is 8.94. The third kappa shape index (κ3) is 2.86. The van der Waals surface area contributed by atoms with E-state index in [0.29, 0.717) is 10.6 Å². The molecule has 2 N–H and O–H groups in total. The molecule has 0 saturated carbocycles. The molecule has 1 amide bonds. The van der Waals surface area contributed by atoms with Crippen LogP contribution in [0.25, 0.3) is 21.1 Å². The monoisotopic (exact) mass is 353 g/mol. The lowest BCUT2D eigenvalue weighted by Crippen LogP contribution is -2.31. The SMILES string of the molecule is Cc1cc2cc3c(N)c(C(=O)N4CCCCCC4)sc3nc2cc1C. The summed E-state index contributed by atoms with van der Waals surface area (Å²) in [6.45, 7) is 5.86. The second-order valence-electron chi connectivity index (χ2n) is 7.02. The Balaban J connectivity index is 1.80. The van der Waals surface area contributed by atoms with E-state index in [1.54, 1.807) is 0 Å². The fraction of sp³-hybridized carbons (Fsp3) is 0.400. The van der Waals surface area contributed by atoms with Gasteiger partial charge in [-0.2, -0.15) is 0 Å². The molecule has 3 aromatic rings. The van der Waals surface area contributed by atoms with Gasteiger partial charge in [-0.3, -0.25) is 4.79 Å². The van der Waals surface area contributed by atoms with Crippen LogP contribution in [0.3, 0.4) is 0 Å². The fourth-order valence-electron chi connectivity index (χ4n) is 3.54. The van der Waals surface area contributed by atoms with Gasteiger partial charge in [0.2, 0.25) is 0 Å². The molecule has 0 bridgehead atoms. The van der Waals surface area contributed by atoms with Crippen molar-refractivity contribution >= 4 is 44.1 Å². The minimum Gasteiger partial charge on any atom is -0.397 e. The van der Waals surface area contributed by atoms with Crippen molar-refractivity contribution in [1.82, 2.24) is 9.88 Å². The number of likely N-dealkylation sites (tertiary alicyclic amines) is 1. The Morgan fingerprint density at radius 2 is 1.76 bits per heavy atom. The first-order valence-corrected chi connectivity index (χ1v) is 9.75. The molecule has 3 heterocycles. The second-order valence-corrected chi connectivity index (χ2v) is 8.02. The van der Waals surface area contributed by atoms with E-state index in [1.807, 2.05) is 4.90 Å². The number of nitrogen functional groups attached to an aromatic ring is 1. The number of carbonyl (C=O) groups is 1. The highest BCUT2D eigenvalue weighted by Crippen LogP contribution is 2.36. The lowest BCUT2D eigenvalue weighted by atomic mass is 10.1. The first-order chi connectivity index (χ1) is 12.0. The van der Waals surface area contributed by atoms with Crippen molar-refractivity contribution in [2.45, 2.75) is 39.5 Å². The van der Waals surface area contributed by atoms with Crippen LogP contribution in [-0.4, -0.2) is 28.9 Å². The van der Waals surface area contributed by atoms with E-state index in [2.05, 4.69) is 32.0 Å². The summed E-state index contributed by atoms with van der Waals surface area (Å²) in [6.07, 6.45) is 4.57. The summed E-state index contributed by atoms with van der Waals surface area (Å²) in [5, 5.41) is 1.98. The second kappa shape index (κ2) is 6.30. The Kier molecular flexibility index (Phi) is 4.12. The topological polar surface area (TPSA) is 59.2 Å². The third-order valence-electron chi connectivity index (χ3n) is 5.22. The standard InChI is InChI=1S/C20H23N3OS/c1-12-9-14-11-15-17(21)18(20(24)23-7-5-3-4-6-8-23)25-19(15)22-16(14)10-13(12)2/h9-11H,3-8,21H2,1-2H3. The molecule has 0 unspecified atom stereocenters. The highest BCUT2D eigenvalue weighted by molar-refractivity contribution is 7.21. The maximum absolute atomic E-state index is 13.0. The Bertz CT molecular complexity index is 968. The molecule has 2 aromatic heterocycles. The zero-order valence-electron chi connectivity index (χ0n) is 14.8. The summed E-state index contributed by atoms with van der Waals surface area (Å²) >= 11 is 1.43. The molecule has 0 spiro atoms. The normalized spacial score (nSPS) is 15.7. The van der Waals surface area contributed by atoms with E-state index in [1.165, 1.54) is 35.3 Å². The van der Waals surface area contributed by atoms with Crippen molar-refractivity contribution in [3.63, 3.8) is 0 Å². The van der Waals surface area contributed by atoms with Crippen molar-refractivity contribution < 1.29 is 4.79 Å². The third-order valence-corrected chi connectivity index (χ3v) is 6.32. The van der Waals surface area contributed by atoms with Gasteiger partial charge in [0.05, 0.1) is 11.2 Å². The number of aromatic nitrogens is 1. The van der Waals surface area contributed by atoms with Crippen LogP contribution in [0.15, 0.2) is 18.2 Å². The molecule has 4 rings (SSSR count). The van der Waals surface area contributed by atoms with E-state index < -0.39 is 0 Å². The number of amides is 1. The van der Waals surface area contributed by atoms with E-state index >= 15 is 0 Å². The number of pyridine rings is 1. The molecule has 0 radical (unpaired) electrons. The van der Waals surface area contributed by atoms with Crippen LogP contribution >= 0.6 is 11.3 Å². The highest BCUT2D eigenvalue weighted by atomic mass is 32.1. The van der Waals surface area contributed by atoms with Gasteiger partial charge in [-0.1, -0.05) is 12.8 Å². The number of thiophene rings is 1. The minimum atomic E-state index is 0.0683. The number of nitrogens with zero attached hydrogens (tertiary/aromatic N) is 2. The van der Waals surface area contributed by atoms with Gasteiger partial charge in [-0.05, 0) is 56.0 Å². The van der Waals surface area contributed by atoms with Crippen LogP contribution in [0, 0.1) is 13.8 Å². The Hall–Kier alpha value is -2.14. The van der Waals surface area contributed by atoms with Crippen molar-refractivity contribution in [3.8, 4) is 0 Å². The zero-order valence-corrected chi connectivity index (χ0v) is 15.6. The van der Waals surface area contributed by atoms with E-state index in [-0.39, 0.29) is 5.91 Å². The molecular formula is C20H23N3OS. The average molecular weight is 353 g/mol. The van der Waals surface area contributed by atoms with Crippen LogP contribution < -0.4 is 5.73 Å². The molecule has 130 valence electrons. The van der Waals surface area contributed by atoms with Crippen LogP contribution in [0.1, 0.15) is 46.5 Å². The van der Waals surface area contributed by atoms with Crippen molar-refractivity contribution in [2.75, 3.05) is 18.8 Å². The van der Waals surface area contributed by atoms with Gasteiger partial charge in [0.15, 0.2) is 0 Å². The summed E-state index contributed by atoms with van der Waals surface area (Å²) in [5.74, 6) is 0.0683. The Morgan fingerprint density at radius 3 is 2.48 bits per heavy atom. The van der Waals surface area contributed by atoms with Crippen LogP contribution in [0.4, 0.5) is 5.69 Å². The lowest BCUT2D eigenvalue weighted by molar-refractivity contribution is 0.0767. The Labute approximate surface area is 151 Å². The molecular weight excluding hydrogens is 330 g/mol. The molecule has 5 heteroatoms. The molecule has 0 aliphatic carbocycles. The number of nitrogens with two attached hydrogens (primary N) is 1. The number of hydrogen-bond donors (Lipinski definition) is 1. The lowest BCUT2D eigenvalue weighted by Gasteiger charge is -2.19. The first kappa shape index (κ1) is 16.3. The summed E-state index contributed by atoms with van der Waals surface area (Å²) in [5.41, 5.74) is 10.4. The number of anilines is 1. The van der Waals surface area contributed by atoms with Gasteiger partial charge in [-0.15, -0.1) is 11.3 Å². The summed E-state index contributed by atoms with van der Waals surface area (Å²) < 4.78 is 0. The van der Waals surface area contributed by atoms with Crippen molar-refractivity contribution in [3.05, 3.63) is 34.2 Å². The number of rotatable bonds is 1. The van der Waals surface area contributed by atoms with Gasteiger partial charge < -0.3 is 10.6 Å². The molecule has 1 aliphatic rings. The number of hydrogen-bond acceptors (Lipinski definition) is 4. The van der Waals surface area contributed by atoms with E-state index in [9.17, 15) is 4.79 Å². The number of fused-ring (bicyclic) bond motifs is 2. The molecule has 1 aliphatic heterocycles. The van der Waals surface area contributed by atoms with Gasteiger partial charge in [-0.25, -0.2) is 4.98 Å². The molecule has 1 saturated heterocycles. The summed E-state index contributed by atoms with van der Waals surface area (Å²) in [4.78, 5) is 21.2. The number of benzene rings is 1. The maximum atomic E-state index is 13.0. The van der Waals surface area contributed by atoms with E-state index in [4.69, 9.17) is 10.7 Å². The fourth-order valence-corrected chi connectivity index (χ4v) is 4.60. The number of aryl methyl sites for hydroxylation is 2. The predicted octanol–water partition coefficient (Wildman–Crippen LogP) is 4.66. The number of carbonyl (C=O) groups excluding carboxylic acids is 1. The Morgan fingerprint density at radius 1 is 1.08 bits per heavy atom. The summed E-state index contributed by atoms with van der Waals surface area (Å²) in [6, 6.07) is 6.33. The average Bonchev–Trinajstić information content (AvgIpc) is 2.79. The van der Waals surface area contributed by atoms with Gasteiger partial charge in [0.1, 0.15) is 9.71 Å². The summed E-state index contributed by atoms with van der Waals surface area (Å²) in [7, 11) is 0. The van der Waals surface area contributed by atoms with Crippen LogP contribution in [0.2, 0.25) is 0 Å². The van der Waals surface area contributed by atoms with Gasteiger partial charge >= 0.3 is 0 Å².